The van der Waals surface area contributed by atoms with Gasteiger partial charge in [-0.2, -0.15) is 4.99 Å². The van der Waals surface area contributed by atoms with Gasteiger partial charge in [0.15, 0.2) is 14.6 Å². The smallest absolute Gasteiger partial charge is 0.248 e. The first kappa shape index (κ1) is 20.7. The Kier molecular flexibility index (Phi) is 6.02. The van der Waals surface area contributed by atoms with Crippen LogP contribution in [0.1, 0.15) is 18.4 Å². The highest BCUT2D eigenvalue weighted by molar-refractivity contribution is 7.91. The van der Waals surface area contributed by atoms with E-state index in [9.17, 15) is 17.6 Å². The molecule has 3 rings (SSSR count). The summed E-state index contributed by atoms with van der Waals surface area (Å²) in [5, 5.41) is 0.598. The van der Waals surface area contributed by atoms with E-state index >= 15 is 0 Å². The molecule has 0 radical (unpaired) electrons. The first-order valence-electron chi connectivity index (χ1n) is 8.49. The van der Waals surface area contributed by atoms with Gasteiger partial charge in [-0.1, -0.05) is 29.0 Å². The normalized spacial score (nSPS) is 12.6. The molecular formula is C19H18ClFN2O3S2. The predicted molar refractivity (Wildman–Crippen MR) is 109 cm³/mol. The van der Waals surface area contributed by atoms with Crippen LogP contribution in [-0.4, -0.2) is 24.6 Å². The summed E-state index contributed by atoms with van der Waals surface area (Å²) < 4.78 is 40.1. The second-order valence-electron chi connectivity index (χ2n) is 6.37. The maximum absolute atomic E-state index is 12.9. The summed E-state index contributed by atoms with van der Waals surface area (Å²) in [4.78, 5) is 16.9. The summed E-state index contributed by atoms with van der Waals surface area (Å²) in [6.07, 6.45) is 0.137. The number of fused-ring (bicyclic) bond motifs is 1. The van der Waals surface area contributed by atoms with E-state index in [4.69, 9.17) is 11.6 Å². The molecule has 1 aromatic heterocycles. The monoisotopic (exact) mass is 440 g/mol. The van der Waals surface area contributed by atoms with Crippen molar-refractivity contribution in [2.24, 2.45) is 12.0 Å². The number of rotatable bonds is 5. The van der Waals surface area contributed by atoms with Crippen LogP contribution in [0.4, 0.5) is 4.39 Å². The van der Waals surface area contributed by atoms with Gasteiger partial charge in [-0.15, -0.1) is 0 Å². The van der Waals surface area contributed by atoms with Crippen LogP contribution >= 0.6 is 22.9 Å². The van der Waals surface area contributed by atoms with Gasteiger partial charge in [-0.05, 0) is 49.2 Å². The molecule has 1 heterocycles. The fourth-order valence-corrected chi connectivity index (χ4v) is 5.55. The second-order valence-corrected chi connectivity index (χ2v) is 9.86. The standard InChI is InChI=1S/C19H18ClFN2O3S2/c1-12-5-10-15(20)18-17(12)23(2)19(27-18)22-16(24)4-3-11-28(25,26)14-8-6-13(21)7-9-14/h5-10H,3-4,11H2,1-2H3. The van der Waals surface area contributed by atoms with Crippen molar-refractivity contribution in [2.75, 3.05) is 5.75 Å². The Labute approximate surface area is 171 Å². The Morgan fingerprint density at radius 1 is 1.21 bits per heavy atom. The molecule has 0 saturated heterocycles. The van der Waals surface area contributed by atoms with Gasteiger partial charge in [0.2, 0.25) is 5.91 Å². The molecule has 148 valence electrons. The minimum absolute atomic E-state index is 0.00137. The molecule has 0 unspecified atom stereocenters. The van der Waals surface area contributed by atoms with Gasteiger partial charge in [-0.3, -0.25) is 4.79 Å². The van der Waals surface area contributed by atoms with Crippen molar-refractivity contribution in [1.29, 1.82) is 0 Å². The van der Waals surface area contributed by atoms with E-state index in [1.54, 1.807) is 0 Å². The first-order chi connectivity index (χ1) is 13.2. The quantitative estimate of drug-likeness (QED) is 0.562. The highest BCUT2D eigenvalue weighted by Gasteiger charge is 2.15. The van der Waals surface area contributed by atoms with Crippen molar-refractivity contribution in [1.82, 2.24) is 4.57 Å². The zero-order valence-corrected chi connectivity index (χ0v) is 17.7. The lowest BCUT2D eigenvalue weighted by atomic mass is 10.2. The third-order valence-electron chi connectivity index (χ3n) is 4.30. The van der Waals surface area contributed by atoms with Crippen molar-refractivity contribution >= 4 is 48.9 Å². The summed E-state index contributed by atoms with van der Waals surface area (Å²) in [6, 6.07) is 8.36. The van der Waals surface area contributed by atoms with E-state index in [-0.39, 0.29) is 23.5 Å². The Hall–Kier alpha value is -2.03. The number of carbonyl (C=O) groups excluding carboxylic acids is 1. The van der Waals surface area contributed by atoms with Gasteiger partial charge in [-0.25, -0.2) is 12.8 Å². The molecule has 0 saturated carbocycles. The lowest BCUT2D eigenvalue weighted by Crippen LogP contribution is -2.14. The number of sulfone groups is 1. The van der Waals surface area contributed by atoms with Crippen LogP contribution in [0.25, 0.3) is 10.2 Å². The van der Waals surface area contributed by atoms with Crippen molar-refractivity contribution in [3.63, 3.8) is 0 Å². The maximum Gasteiger partial charge on any atom is 0.248 e. The molecule has 28 heavy (non-hydrogen) atoms. The maximum atomic E-state index is 12.9. The Bertz CT molecular complexity index is 1210. The summed E-state index contributed by atoms with van der Waals surface area (Å²) in [6.45, 7) is 1.96. The molecule has 0 fully saturated rings. The summed E-state index contributed by atoms with van der Waals surface area (Å²) in [5.74, 6) is -1.10. The highest BCUT2D eigenvalue weighted by Crippen LogP contribution is 2.28. The zero-order valence-electron chi connectivity index (χ0n) is 15.3. The lowest BCUT2D eigenvalue weighted by Gasteiger charge is -2.03. The van der Waals surface area contributed by atoms with E-state index in [0.29, 0.717) is 9.82 Å². The molecule has 0 aliphatic carbocycles. The minimum atomic E-state index is -3.57. The predicted octanol–water partition coefficient (Wildman–Crippen LogP) is 4.02. The molecule has 1 amide bonds. The van der Waals surface area contributed by atoms with Crippen molar-refractivity contribution in [3.8, 4) is 0 Å². The Morgan fingerprint density at radius 2 is 1.89 bits per heavy atom. The van der Waals surface area contributed by atoms with E-state index in [0.717, 1.165) is 27.9 Å². The molecule has 0 atom stereocenters. The average Bonchev–Trinajstić information content (AvgIpc) is 2.96. The molecule has 2 aromatic carbocycles. The van der Waals surface area contributed by atoms with Crippen LogP contribution in [0.15, 0.2) is 46.3 Å². The number of halogens is 2. The number of aromatic nitrogens is 1. The minimum Gasteiger partial charge on any atom is -0.319 e. The van der Waals surface area contributed by atoms with Crippen LogP contribution in [0.2, 0.25) is 5.02 Å². The van der Waals surface area contributed by atoms with Crippen LogP contribution < -0.4 is 4.80 Å². The highest BCUT2D eigenvalue weighted by atomic mass is 35.5. The molecule has 0 bridgehead atoms. The van der Waals surface area contributed by atoms with Crippen LogP contribution in [0.5, 0.6) is 0 Å². The van der Waals surface area contributed by atoms with Gasteiger partial charge in [0.05, 0.1) is 25.9 Å². The summed E-state index contributed by atoms with van der Waals surface area (Å²) in [7, 11) is -1.75. The summed E-state index contributed by atoms with van der Waals surface area (Å²) >= 11 is 7.55. The molecular weight excluding hydrogens is 423 g/mol. The third kappa shape index (κ3) is 4.34. The number of thiazole rings is 1. The summed E-state index contributed by atoms with van der Waals surface area (Å²) in [5.41, 5.74) is 1.94. The number of nitrogens with zero attached hydrogens (tertiary/aromatic N) is 2. The van der Waals surface area contributed by atoms with E-state index < -0.39 is 21.6 Å². The number of amides is 1. The molecule has 0 aliphatic heterocycles. The average molecular weight is 441 g/mol. The molecule has 0 N–H and O–H groups in total. The second kappa shape index (κ2) is 8.14. The van der Waals surface area contributed by atoms with Gasteiger partial charge in [0, 0.05) is 13.5 Å². The topological polar surface area (TPSA) is 68.5 Å². The molecule has 3 aromatic rings. The number of hydrogen-bond acceptors (Lipinski definition) is 4. The fourth-order valence-electron chi connectivity index (χ4n) is 2.85. The Morgan fingerprint density at radius 3 is 2.54 bits per heavy atom. The van der Waals surface area contributed by atoms with Gasteiger partial charge in [0.25, 0.3) is 0 Å². The van der Waals surface area contributed by atoms with Crippen LogP contribution in [-0.2, 0) is 21.7 Å². The van der Waals surface area contributed by atoms with Crippen LogP contribution in [0, 0.1) is 12.7 Å². The van der Waals surface area contributed by atoms with E-state index in [1.165, 1.54) is 23.5 Å². The molecule has 5 nitrogen and oxygen atoms in total. The van der Waals surface area contributed by atoms with E-state index in [1.807, 2.05) is 30.7 Å². The van der Waals surface area contributed by atoms with Gasteiger partial charge >= 0.3 is 0 Å². The van der Waals surface area contributed by atoms with Crippen molar-refractivity contribution < 1.29 is 17.6 Å². The number of carbonyl (C=O) groups is 1. The van der Waals surface area contributed by atoms with Crippen molar-refractivity contribution in [3.05, 3.63) is 57.6 Å². The Balaban J connectivity index is 1.73. The van der Waals surface area contributed by atoms with Crippen molar-refractivity contribution in [2.45, 2.75) is 24.7 Å². The van der Waals surface area contributed by atoms with E-state index in [2.05, 4.69) is 4.99 Å². The van der Waals surface area contributed by atoms with Gasteiger partial charge < -0.3 is 4.57 Å². The lowest BCUT2D eigenvalue weighted by molar-refractivity contribution is -0.118. The van der Waals surface area contributed by atoms with Crippen LogP contribution in [0.3, 0.4) is 0 Å². The SMILES string of the molecule is Cc1ccc(Cl)c2sc(=NC(=O)CCCS(=O)(=O)c3ccc(F)cc3)n(C)c12. The number of benzene rings is 2. The fraction of sp³-hybridized carbons (Fsp3) is 0.263. The first-order valence-corrected chi connectivity index (χ1v) is 11.3. The molecule has 0 spiro atoms. The number of hydrogen-bond donors (Lipinski definition) is 0. The van der Waals surface area contributed by atoms with Gasteiger partial charge in [0.1, 0.15) is 5.82 Å². The largest absolute Gasteiger partial charge is 0.319 e. The third-order valence-corrected chi connectivity index (χ3v) is 7.71. The molecule has 0 aliphatic rings. The molecule has 9 heteroatoms. The number of aryl methyl sites for hydroxylation is 2. The zero-order chi connectivity index (χ0) is 20.5.